The van der Waals surface area contributed by atoms with Crippen molar-refractivity contribution >= 4 is 0 Å². The van der Waals surface area contributed by atoms with Gasteiger partial charge in [0.25, 0.3) is 0 Å². The van der Waals surface area contributed by atoms with Gasteiger partial charge in [0.05, 0.1) is 0 Å². The van der Waals surface area contributed by atoms with Crippen molar-refractivity contribution in [3.63, 3.8) is 0 Å². The van der Waals surface area contributed by atoms with Crippen LogP contribution < -0.4 is 5.73 Å². The lowest BCUT2D eigenvalue weighted by Crippen LogP contribution is -2.48. The van der Waals surface area contributed by atoms with Gasteiger partial charge in [-0.2, -0.15) is 0 Å². The van der Waals surface area contributed by atoms with Crippen LogP contribution in [0.3, 0.4) is 0 Å². The molecule has 0 spiro atoms. The van der Waals surface area contributed by atoms with Gasteiger partial charge in [-0.25, -0.2) is 0 Å². The van der Waals surface area contributed by atoms with Crippen LogP contribution in [0.2, 0.25) is 0 Å². The van der Waals surface area contributed by atoms with Gasteiger partial charge in [0, 0.05) is 5.54 Å². The number of benzene rings is 2. The number of hydrogen-bond donors (Lipinski definition) is 1. The standard InChI is InChI=1S/C18H21N/c1-13-10-17-11-15(14-6-4-3-5-7-14)8-9-16(17)12-18(13,2)19/h3-9,11,13H,10,12,19H2,1-2H3. The molecule has 2 unspecified atom stereocenters. The van der Waals surface area contributed by atoms with Crippen molar-refractivity contribution in [2.45, 2.75) is 32.2 Å². The lowest BCUT2D eigenvalue weighted by molar-refractivity contribution is 0.294. The Hall–Kier alpha value is -1.60. The van der Waals surface area contributed by atoms with Crippen molar-refractivity contribution in [3.8, 4) is 11.1 Å². The summed E-state index contributed by atoms with van der Waals surface area (Å²) < 4.78 is 0. The van der Waals surface area contributed by atoms with Crippen LogP contribution in [0, 0.1) is 5.92 Å². The Morgan fingerprint density at radius 3 is 2.47 bits per heavy atom. The van der Waals surface area contributed by atoms with Gasteiger partial charge < -0.3 is 5.73 Å². The van der Waals surface area contributed by atoms with Gasteiger partial charge in [0.2, 0.25) is 0 Å². The molecule has 2 aromatic carbocycles. The van der Waals surface area contributed by atoms with Crippen LogP contribution in [-0.2, 0) is 12.8 Å². The summed E-state index contributed by atoms with van der Waals surface area (Å²) in [7, 11) is 0. The molecular formula is C18H21N. The van der Waals surface area contributed by atoms with E-state index in [0.717, 1.165) is 12.8 Å². The Bertz CT molecular complexity index is 584. The third-order valence-corrected chi connectivity index (χ3v) is 4.54. The van der Waals surface area contributed by atoms with Gasteiger partial charge in [0.1, 0.15) is 0 Å². The highest BCUT2D eigenvalue weighted by atomic mass is 14.7. The Balaban J connectivity index is 2.00. The van der Waals surface area contributed by atoms with E-state index in [1.165, 1.54) is 22.3 Å². The van der Waals surface area contributed by atoms with E-state index in [1.54, 1.807) is 0 Å². The van der Waals surface area contributed by atoms with Crippen LogP contribution in [0.25, 0.3) is 11.1 Å². The Labute approximate surface area is 115 Å². The molecule has 1 nitrogen and oxygen atoms in total. The molecule has 0 bridgehead atoms. The van der Waals surface area contributed by atoms with Crippen LogP contribution >= 0.6 is 0 Å². The predicted molar refractivity (Wildman–Crippen MR) is 81.0 cm³/mol. The highest BCUT2D eigenvalue weighted by Gasteiger charge is 2.32. The van der Waals surface area contributed by atoms with Gasteiger partial charge in [-0.05, 0) is 47.9 Å². The second-order valence-corrected chi connectivity index (χ2v) is 6.14. The number of nitrogens with two attached hydrogens (primary N) is 1. The molecule has 0 heterocycles. The van der Waals surface area contributed by atoms with E-state index in [9.17, 15) is 0 Å². The highest BCUT2D eigenvalue weighted by molar-refractivity contribution is 5.65. The molecule has 0 aliphatic heterocycles. The molecular weight excluding hydrogens is 230 g/mol. The molecule has 0 saturated carbocycles. The maximum absolute atomic E-state index is 6.39. The lowest BCUT2D eigenvalue weighted by atomic mass is 9.72. The molecule has 0 saturated heterocycles. The van der Waals surface area contributed by atoms with Crippen LogP contribution in [0.5, 0.6) is 0 Å². The van der Waals surface area contributed by atoms with Gasteiger partial charge in [-0.1, -0.05) is 55.5 Å². The second-order valence-electron chi connectivity index (χ2n) is 6.14. The summed E-state index contributed by atoms with van der Waals surface area (Å²) in [5.74, 6) is 0.533. The molecule has 19 heavy (non-hydrogen) atoms. The van der Waals surface area contributed by atoms with Crippen molar-refractivity contribution in [1.82, 2.24) is 0 Å². The molecule has 0 radical (unpaired) electrons. The van der Waals surface area contributed by atoms with E-state index in [4.69, 9.17) is 5.73 Å². The molecule has 2 atom stereocenters. The summed E-state index contributed by atoms with van der Waals surface area (Å²) in [6, 6.07) is 17.4. The SMILES string of the molecule is CC1Cc2cc(-c3ccccc3)ccc2CC1(C)N. The fourth-order valence-corrected chi connectivity index (χ4v) is 2.95. The Kier molecular flexibility index (Phi) is 2.94. The normalized spacial score (nSPS) is 25.9. The van der Waals surface area contributed by atoms with E-state index in [2.05, 4.69) is 62.4 Å². The lowest BCUT2D eigenvalue weighted by Gasteiger charge is -2.37. The van der Waals surface area contributed by atoms with E-state index in [0.29, 0.717) is 5.92 Å². The maximum Gasteiger partial charge on any atom is 0.0195 e. The molecule has 1 aliphatic carbocycles. The predicted octanol–water partition coefficient (Wildman–Crippen LogP) is 3.81. The Morgan fingerprint density at radius 1 is 1.00 bits per heavy atom. The molecule has 1 aliphatic rings. The average molecular weight is 251 g/mol. The van der Waals surface area contributed by atoms with Crippen molar-refractivity contribution in [2.24, 2.45) is 11.7 Å². The first kappa shape index (κ1) is 12.4. The van der Waals surface area contributed by atoms with Crippen LogP contribution in [-0.4, -0.2) is 5.54 Å². The van der Waals surface area contributed by atoms with Gasteiger partial charge in [-0.3, -0.25) is 0 Å². The third kappa shape index (κ3) is 2.31. The molecule has 2 aromatic rings. The minimum absolute atomic E-state index is 0.0682. The molecule has 2 N–H and O–H groups in total. The van der Waals surface area contributed by atoms with Gasteiger partial charge >= 0.3 is 0 Å². The van der Waals surface area contributed by atoms with Gasteiger partial charge in [0.15, 0.2) is 0 Å². The zero-order chi connectivity index (χ0) is 13.5. The topological polar surface area (TPSA) is 26.0 Å². The summed E-state index contributed by atoms with van der Waals surface area (Å²) >= 11 is 0. The van der Waals surface area contributed by atoms with Crippen molar-refractivity contribution in [1.29, 1.82) is 0 Å². The van der Waals surface area contributed by atoms with Crippen LogP contribution in [0.4, 0.5) is 0 Å². The van der Waals surface area contributed by atoms with E-state index in [-0.39, 0.29) is 5.54 Å². The van der Waals surface area contributed by atoms with Crippen molar-refractivity contribution < 1.29 is 0 Å². The number of hydrogen-bond acceptors (Lipinski definition) is 1. The minimum Gasteiger partial charge on any atom is -0.325 e. The fourth-order valence-electron chi connectivity index (χ4n) is 2.95. The fraction of sp³-hybridized carbons (Fsp3) is 0.333. The zero-order valence-electron chi connectivity index (χ0n) is 11.7. The first-order valence-corrected chi connectivity index (χ1v) is 7.02. The summed E-state index contributed by atoms with van der Waals surface area (Å²) in [4.78, 5) is 0. The van der Waals surface area contributed by atoms with Crippen molar-refractivity contribution in [2.75, 3.05) is 0 Å². The molecule has 0 aromatic heterocycles. The first-order valence-electron chi connectivity index (χ1n) is 7.02. The van der Waals surface area contributed by atoms with Gasteiger partial charge in [-0.15, -0.1) is 0 Å². The van der Waals surface area contributed by atoms with E-state index in [1.807, 2.05) is 0 Å². The Morgan fingerprint density at radius 2 is 1.74 bits per heavy atom. The molecule has 0 fully saturated rings. The third-order valence-electron chi connectivity index (χ3n) is 4.54. The summed E-state index contributed by atoms with van der Waals surface area (Å²) in [5, 5.41) is 0. The second kappa shape index (κ2) is 4.50. The number of fused-ring (bicyclic) bond motifs is 1. The smallest absolute Gasteiger partial charge is 0.0195 e. The van der Waals surface area contributed by atoms with Crippen molar-refractivity contribution in [3.05, 3.63) is 59.7 Å². The highest BCUT2D eigenvalue weighted by Crippen LogP contribution is 2.33. The molecule has 98 valence electrons. The van der Waals surface area contributed by atoms with Crippen LogP contribution in [0.1, 0.15) is 25.0 Å². The summed E-state index contributed by atoms with van der Waals surface area (Å²) in [5.41, 5.74) is 11.8. The quantitative estimate of drug-likeness (QED) is 0.819. The molecule has 3 rings (SSSR count). The molecule has 0 amide bonds. The minimum atomic E-state index is -0.0682. The first-order chi connectivity index (χ1) is 9.06. The van der Waals surface area contributed by atoms with E-state index < -0.39 is 0 Å². The monoisotopic (exact) mass is 251 g/mol. The summed E-state index contributed by atoms with van der Waals surface area (Å²) in [6.07, 6.45) is 2.07. The van der Waals surface area contributed by atoms with E-state index >= 15 is 0 Å². The van der Waals surface area contributed by atoms with Crippen LogP contribution in [0.15, 0.2) is 48.5 Å². The average Bonchev–Trinajstić information content (AvgIpc) is 2.40. The largest absolute Gasteiger partial charge is 0.325 e. The number of rotatable bonds is 1. The maximum atomic E-state index is 6.39. The summed E-state index contributed by atoms with van der Waals surface area (Å²) in [6.45, 7) is 4.43. The zero-order valence-corrected chi connectivity index (χ0v) is 11.7. The molecule has 1 heteroatoms.